The van der Waals surface area contributed by atoms with Gasteiger partial charge in [0, 0.05) is 10.9 Å². The van der Waals surface area contributed by atoms with Crippen molar-refractivity contribution in [3.63, 3.8) is 0 Å². The molecule has 0 saturated carbocycles. The number of aryl methyl sites for hydroxylation is 1. The Morgan fingerprint density at radius 1 is 1.48 bits per heavy atom. The predicted octanol–water partition coefficient (Wildman–Crippen LogP) is 2.22. The third-order valence-electron chi connectivity index (χ3n) is 3.54. The number of piperidine rings is 1. The monoisotopic (exact) mass is 327 g/mol. The van der Waals surface area contributed by atoms with Crippen molar-refractivity contribution in [3.05, 3.63) is 16.5 Å². The molecule has 5 nitrogen and oxygen atoms in total. The average molecular weight is 327 g/mol. The minimum Gasteiger partial charge on any atom is -0.465 e. The van der Waals surface area contributed by atoms with E-state index in [-0.39, 0.29) is 5.97 Å². The molecule has 0 amide bonds. The van der Waals surface area contributed by atoms with Crippen LogP contribution in [-0.4, -0.2) is 49.3 Å². The fourth-order valence-electron chi connectivity index (χ4n) is 2.35. The van der Waals surface area contributed by atoms with Gasteiger partial charge in [-0.3, -0.25) is 0 Å². The number of ether oxygens (including phenoxy) is 1. The number of likely N-dealkylation sites (tertiary alicyclic amines) is 1. The molecule has 1 aromatic rings. The van der Waals surface area contributed by atoms with E-state index in [9.17, 15) is 4.79 Å². The topological polar surface area (TPSA) is 53.6 Å². The van der Waals surface area contributed by atoms with Crippen LogP contribution < -0.4 is 10.6 Å². The van der Waals surface area contributed by atoms with Crippen LogP contribution in [0.4, 0.5) is 5.00 Å². The number of nitrogens with zero attached hydrogens (tertiary/aromatic N) is 1. The van der Waals surface area contributed by atoms with Crippen molar-refractivity contribution in [2.24, 2.45) is 0 Å². The van der Waals surface area contributed by atoms with E-state index in [1.807, 2.05) is 13.0 Å². The molecule has 21 heavy (non-hydrogen) atoms. The Hall–Kier alpha value is -1.18. The van der Waals surface area contributed by atoms with Gasteiger partial charge in [0.2, 0.25) is 0 Å². The lowest BCUT2D eigenvalue weighted by Crippen LogP contribution is -2.44. The van der Waals surface area contributed by atoms with Crippen LogP contribution in [0.25, 0.3) is 0 Å². The highest BCUT2D eigenvalue weighted by atomic mass is 32.1. The smallest absolute Gasteiger partial charge is 0.340 e. The number of hydrogen-bond donors (Lipinski definition) is 2. The Morgan fingerprint density at radius 3 is 2.76 bits per heavy atom. The molecular weight excluding hydrogens is 306 g/mol. The van der Waals surface area contributed by atoms with E-state index in [0.29, 0.717) is 16.7 Å². The lowest BCUT2D eigenvalue weighted by molar-refractivity contribution is 0.0602. The van der Waals surface area contributed by atoms with Gasteiger partial charge in [0.25, 0.3) is 0 Å². The van der Waals surface area contributed by atoms with Gasteiger partial charge in [-0.15, -0.1) is 11.3 Å². The van der Waals surface area contributed by atoms with E-state index in [1.54, 1.807) is 0 Å². The number of hydrogen-bond acceptors (Lipinski definition) is 5. The molecule has 0 spiro atoms. The van der Waals surface area contributed by atoms with E-state index in [1.165, 1.54) is 18.4 Å². The van der Waals surface area contributed by atoms with E-state index < -0.39 is 0 Å². The SMILES string of the molecule is COC(=O)c1cc(C)sc1NC(=S)NC1CCN(C)CC1. The third-order valence-corrected chi connectivity index (χ3v) is 4.73. The molecule has 2 N–H and O–H groups in total. The van der Waals surface area contributed by atoms with Crippen molar-refractivity contribution in [2.75, 3.05) is 32.6 Å². The molecule has 1 aromatic heterocycles. The summed E-state index contributed by atoms with van der Waals surface area (Å²) in [5.74, 6) is -0.344. The molecule has 0 atom stereocenters. The van der Waals surface area contributed by atoms with Gasteiger partial charge in [-0.1, -0.05) is 0 Å². The Kier molecular flexibility index (Phi) is 5.55. The van der Waals surface area contributed by atoms with Crippen LogP contribution in [0.1, 0.15) is 28.1 Å². The van der Waals surface area contributed by atoms with Crippen molar-refractivity contribution in [2.45, 2.75) is 25.8 Å². The first-order valence-corrected chi connectivity index (χ1v) is 8.17. The molecule has 0 bridgehead atoms. The van der Waals surface area contributed by atoms with Crippen LogP contribution in [0.3, 0.4) is 0 Å². The second-order valence-electron chi connectivity index (χ2n) is 5.27. The molecule has 0 unspecified atom stereocenters. The van der Waals surface area contributed by atoms with Gasteiger partial charge in [-0.2, -0.15) is 0 Å². The summed E-state index contributed by atoms with van der Waals surface area (Å²) < 4.78 is 4.79. The zero-order valence-electron chi connectivity index (χ0n) is 12.6. The number of methoxy groups -OCH3 is 1. The minimum atomic E-state index is -0.344. The Bertz CT molecular complexity index is 522. The van der Waals surface area contributed by atoms with Crippen LogP contribution in [0, 0.1) is 6.92 Å². The molecule has 116 valence electrons. The first-order chi connectivity index (χ1) is 9.99. The molecule has 2 rings (SSSR count). The number of esters is 1. The molecule has 1 saturated heterocycles. The van der Waals surface area contributed by atoms with E-state index in [0.717, 1.165) is 35.8 Å². The van der Waals surface area contributed by atoms with Gasteiger partial charge in [0.05, 0.1) is 12.7 Å². The van der Waals surface area contributed by atoms with Gasteiger partial charge in [-0.25, -0.2) is 4.79 Å². The largest absolute Gasteiger partial charge is 0.465 e. The number of carbonyl (C=O) groups excluding carboxylic acids is 1. The van der Waals surface area contributed by atoms with Crippen molar-refractivity contribution >= 4 is 39.6 Å². The molecule has 1 fully saturated rings. The third kappa shape index (κ3) is 4.39. The maximum absolute atomic E-state index is 11.7. The van der Waals surface area contributed by atoms with Crippen LogP contribution in [0.2, 0.25) is 0 Å². The summed E-state index contributed by atoms with van der Waals surface area (Å²) in [7, 11) is 3.51. The number of thiophene rings is 1. The van der Waals surface area contributed by atoms with Crippen molar-refractivity contribution < 1.29 is 9.53 Å². The summed E-state index contributed by atoms with van der Waals surface area (Å²) in [4.78, 5) is 15.1. The molecule has 0 radical (unpaired) electrons. The van der Waals surface area contributed by atoms with E-state index in [4.69, 9.17) is 17.0 Å². The highest BCUT2D eigenvalue weighted by Gasteiger charge is 2.19. The summed E-state index contributed by atoms with van der Waals surface area (Å²) >= 11 is 6.86. The van der Waals surface area contributed by atoms with E-state index >= 15 is 0 Å². The van der Waals surface area contributed by atoms with Crippen LogP contribution >= 0.6 is 23.6 Å². The first kappa shape index (κ1) is 16.2. The highest BCUT2D eigenvalue weighted by Crippen LogP contribution is 2.28. The fraction of sp³-hybridized carbons (Fsp3) is 0.571. The maximum Gasteiger partial charge on any atom is 0.340 e. The molecule has 7 heteroatoms. The van der Waals surface area contributed by atoms with Gasteiger partial charge < -0.3 is 20.3 Å². The molecular formula is C14H21N3O2S2. The predicted molar refractivity (Wildman–Crippen MR) is 90.3 cm³/mol. The second kappa shape index (κ2) is 7.20. The molecule has 0 aliphatic carbocycles. The van der Waals surface area contributed by atoms with Gasteiger partial charge >= 0.3 is 5.97 Å². The zero-order chi connectivity index (χ0) is 15.4. The van der Waals surface area contributed by atoms with E-state index in [2.05, 4.69) is 22.6 Å². The van der Waals surface area contributed by atoms with Crippen LogP contribution in [0.5, 0.6) is 0 Å². The summed E-state index contributed by atoms with van der Waals surface area (Å²) in [6, 6.07) is 2.21. The number of thiocarbonyl (C=S) groups is 1. The second-order valence-corrected chi connectivity index (χ2v) is 6.93. The summed E-state index contributed by atoms with van der Waals surface area (Å²) in [6.07, 6.45) is 2.15. The average Bonchev–Trinajstić information content (AvgIpc) is 2.81. The van der Waals surface area contributed by atoms with Gasteiger partial charge in [0.15, 0.2) is 5.11 Å². The van der Waals surface area contributed by atoms with Crippen LogP contribution in [-0.2, 0) is 4.74 Å². The standard InChI is InChI=1S/C14H21N3O2S2/c1-9-8-11(13(18)19-3)12(21-9)16-14(20)15-10-4-6-17(2)7-5-10/h8,10H,4-7H2,1-3H3,(H2,15,16,20). The Balaban J connectivity index is 1.95. The molecule has 2 heterocycles. The quantitative estimate of drug-likeness (QED) is 0.656. The lowest BCUT2D eigenvalue weighted by Gasteiger charge is -2.30. The molecule has 1 aliphatic heterocycles. The Labute approximate surface area is 134 Å². The Morgan fingerprint density at radius 2 is 2.14 bits per heavy atom. The number of nitrogens with one attached hydrogen (secondary N) is 2. The molecule has 0 aromatic carbocycles. The summed E-state index contributed by atoms with van der Waals surface area (Å²) in [5.41, 5.74) is 0.535. The number of rotatable bonds is 3. The maximum atomic E-state index is 11.7. The first-order valence-electron chi connectivity index (χ1n) is 6.94. The minimum absolute atomic E-state index is 0.344. The summed E-state index contributed by atoms with van der Waals surface area (Å²) in [5, 5.41) is 7.77. The molecule has 1 aliphatic rings. The highest BCUT2D eigenvalue weighted by molar-refractivity contribution is 7.80. The summed E-state index contributed by atoms with van der Waals surface area (Å²) in [6.45, 7) is 4.10. The van der Waals surface area contributed by atoms with Crippen molar-refractivity contribution in [1.82, 2.24) is 10.2 Å². The van der Waals surface area contributed by atoms with Crippen LogP contribution in [0.15, 0.2) is 6.07 Å². The lowest BCUT2D eigenvalue weighted by atomic mass is 10.1. The normalized spacial score (nSPS) is 16.5. The zero-order valence-corrected chi connectivity index (χ0v) is 14.2. The van der Waals surface area contributed by atoms with Gasteiger partial charge in [-0.05, 0) is 58.2 Å². The fourth-order valence-corrected chi connectivity index (χ4v) is 3.58. The number of anilines is 1. The number of carbonyl (C=O) groups is 1. The van der Waals surface area contributed by atoms with Gasteiger partial charge in [0.1, 0.15) is 5.00 Å². The van der Waals surface area contributed by atoms with Crippen molar-refractivity contribution in [1.29, 1.82) is 0 Å². The van der Waals surface area contributed by atoms with Crippen molar-refractivity contribution in [3.8, 4) is 0 Å².